The lowest BCUT2D eigenvalue weighted by atomic mass is 9.90. The summed E-state index contributed by atoms with van der Waals surface area (Å²) in [5.41, 5.74) is 3.48. The first kappa shape index (κ1) is 24.7. The van der Waals surface area contributed by atoms with Crippen molar-refractivity contribution >= 4 is 17.5 Å². The van der Waals surface area contributed by atoms with E-state index >= 15 is 0 Å². The molecule has 0 saturated carbocycles. The third kappa shape index (κ3) is 4.73. The summed E-state index contributed by atoms with van der Waals surface area (Å²) in [7, 11) is 1.59. The molecule has 0 N–H and O–H groups in total. The fourth-order valence-corrected chi connectivity index (χ4v) is 5.25. The van der Waals surface area contributed by atoms with E-state index in [2.05, 4.69) is 0 Å². The van der Waals surface area contributed by atoms with Gasteiger partial charge in [-0.15, -0.1) is 0 Å². The molecule has 0 spiro atoms. The molecule has 0 aliphatic carbocycles. The summed E-state index contributed by atoms with van der Waals surface area (Å²) in [5.74, 6) is -0.154. The molecule has 7 heteroatoms. The van der Waals surface area contributed by atoms with Crippen molar-refractivity contribution in [3.63, 3.8) is 0 Å². The lowest BCUT2D eigenvalue weighted by Crippen LogP contribution is -2.36. The molecule has 7 nitrogen and oxygen atoms in total. The molecule has 6 rings (SSSR count). The van der Waals surface area contributed by atoms with Gasteiger partial charge in [-0.05, 0) is 41.0 Å². The monoisotopic (exact) mass is 520 g/mol. The van der Waals surface area contributed by atoms with Crippen LogP contribution in [-0.2, 0) is 27.6 Å². The third-order valence-corrected chi connectivity index (χ3v) is 7.17. The van der Waals surface area contributed by atoms with Crippen molar-refractivity contribution < 1.29 is 23.9 Å². The lowest BCUT2D eigenvalue weighted by Gasteiger charge is -2.29. The standard InChI is InChI=1S/C32H28N2O5/c1-37-27-19-24(17-18-26(27)38-21-23-13-7-3-8-14-23)29-28-30(39-34(29)25-15-9-4-10-16-25)32(36)33(31(28)35)20-22-11-5-2-6-12-22/h2-19,28-30H,20-21H2,1H3/t28-,29+,30-/m0/s1. The van der Waals surface area contributed by atoms with Crippen molar-refractivity contribution in [1.82, 2.24) is 4.90 Å². The molecule has 0 unspecified atom stereocenters. The van der Waals surface area contributed by atoms with Gasteiger partial charge in [0.1, 0.15) is 12.5 Å². The molecule has 4 aromatic rings. The highest BCUT2D eigenvalue weighted by Crippen LogP contribution is 2.48. The quantitative estimate of drug-likeness (QED) is 0.293. The minimum atomic E-state index is -0.911. The Morgan fingerprint density at radius 1 is 0.744 bits per heavy atom. The Labute approximate surface area is 227 Å². The van der Waals surface area contributed by atoms with E-state index in [4.69, 9.17) is 14.3 Å². The molecule has 2 fully saturated rings. The Bertz CT molecular complexity index is 1460. The Morgan fingerprint density at radius 2 is 1.38 bits per heavy atom. The molecular formula is C32H28N2O5. The maximum Gasteiger partial charge on any atom is 0.262 e. The van der Waals surface area contributed by atoms with Gasteiger partial charge in [0.2, 0.25) is 5.91 Å². The van der Waals surface area contributed by atoms with E-state index in [0.717, 1.165) is 22.4 Å². The number of hydrogen-bond donors (Lipinski definition) is 0. The van der Waals surface area contributed by atoms with Crippen LogP contribution in [-0.4, -0.2) is 29.9 Å². The van der Waals surface area contributed by atoms with Crippen LogP contribution in [0.2, 0.25) is 0 Å². The molecule has 2 aliphatic heterocycles. The highest BCUT2D eigenvalue weighted by Gasteiger charge is 2.59. The molecule has 2 aliphatic rings. The fraction of sp³-hybridized carbons (Fsp3) is 0.188. The summed E-state index contributed by atoms with van der Waals surface area (Å²) >= 11 is 0. The van der Waals surface area contributed by atoms with Crippen LogP contribution < -0.4 is 14.5 Å². The largest absolute Gasteiger partial charge is 0.493 e. The lowest BCUT2D eigenvalue weighted by molar-refractivity contribution is -0.143. The SMILES string of the molecule is COc1cc([C@@H]2[C@@H]3C(=O)N(Cc4ccccc4)C(=O)[C@H]3ON2c2ccccc2)ccc1OCc1ccccc1. The number of amides is 2. The second-order valence-corrected chi connectivity index (χ2v) is 9.59. The van der Waals surface area contributed by atoms with Crippen LogP contribution in [0, 0.1) is 5.92 Å². The zero-order chi connectivity index (χ0) is 26.8. The average Bonchev–Trinajstić information content (AvgIpc) is 3.49. The molecule has 4 aromatic carbocycles. The number of nitrogens with zero attached hydrogens (tertiary/aromatic N) is 2. The number of imide groups is 1. The van der Waals surface area contributed by atoms with Gasteiger partial charge in [0.15, 0.2) is 17.6 Å². The molecule has 2 amide bonds. The number of methoxy groups -OCH3 is 1. The maximum absolute atomic E-state index is 13.8. The molecular weight excluding hydrogens is 492 g/mol. The molecule has 0 aromatic heterocycles. The van der Waals surface area contributed by atoms with Crippen molar-refractivity contribution in [1.29, 1.82) is 0 Å². The fourth-order valence-electron chi connectivity index (χ4n) is 5.25. The zero-order valence-electron chi connectivity index (χ0n) is 21.5. The van der Waals surface area contributed by atoms with Gasteiger partial charge in [0.25, 0.3) is 5.91 Å². The highest BCUT2D eigenvalue weighted by atomic mass is 16.7. The van der Waals surface area contributed by atoms with E-state index in [-0.39, 0.29) is 18.4 Å². The van der Waals surface area contributed by atoms with Gasteiger partial charge in [0.05, 0.1) is 25.4 Å². The molecule has 39 heavy (non-hydrogen) atoms. The van der Waals surface area contributed by atoms with Crippen molar-refractivity contribution in [3.05, 3.63) is 126 Å². The number of carbonyl (C=O) groups is 2. The number of carbonyl (C=O) groups excluding carboxylic acids is 2. The third-order valence-electron chi connectivity index (χ3n) is 7.17. The van der Waals surface area contributed by atoms with Crippen LogP contribution in [0.1, 0.15) is 22.7 Å². The van der Waals surface area contributed by atoms with Crippen molar-refractivity contribution in [2.24, 2.45) is 5.92 Å². The Hall–Kier alpha value is -4.62. The first-order valence-corrected chi connectivity index (χ1v) is 12.9. The van der Waals surface area contributed by atoms with Gasteiger partial charge in [-0.2, -0.15) is 0 Å². The number of anilines is 1. The van der Waals surface area contributed by atoms with Gasteiger partial charge in [0, 0.05) is 0 Å². The Morgan fingerprint density at radius 3 is 2.05 bits per heavy atom. The Balaban J connectivity index is 1.33. The summed E-state index contributed by atoms with van der Waals surface area (Å²) in [6, 6.07) is 34.0. The topological polar surface area (TPSA) is 68.3 Å². The highest BCUT2D eigenvalue weighted by molar-refractivity contribution is 6.07. The number of hydroxylamine groups is 1. The van der Waals surface area contributed by atoms with Gasteiger partial charge >= 0.3 is 0 Å². The number of hydrogen-bond acceptors (Lipinski definition) is 6. The number of ether oxygens (including phenoxy) is 2. The van der Waals surface area contributed by atoms with Crippen LogP contribution >= 0.6 is 0 Å². The normalized spacial score (nSPS) is 20.3. The smallest absolute Gasteiger partial charge is 0.262 e. The second-order valence-electron chi connectivity index (χ2n) is 9.59. The van der Waals surface area contributed by atoms with E-state index < -0.39 is 18.1 Å². The van der Waals surface area contributed by atoms with Crippen LogP contribution in [0.4, 0.5) is 5.69 Å². The summed E-state index contributed by atoms with van der Waals surface area (Å²) in [6.45, 7) is 0.605. The van der Waals surface area contributed by atoms with E-state index in [0.29, 0.717) is 18.1 Å². The molecule has 0 bridgehead atoms. The second kappa shape index (κ2) is 10.6. The van der Waals surface area contributed by atoms with E-state index in [1.54, 1.807) is 12.2 Å². The maximum atomic E-state index is 13.8. The average molecular weight is 521 g/mol. The predicted octanol–water partition coefficient (Wildman–Crippen LogP) is 5.32. The number of likely N-dealkylation sites (tertiary alicyclic amines) is 1. The minimum absolute atomic E-state index is 0.211. The number of para-hydroxylation sites is 1. The minimum Gasteiger partial charge on any atom is -0.493 e. The van der Waals surface area contributed by atoms with Crippen molar-refractivity contribution in [3.8, 4) is 11.5 Å². The van der Waals surface area contributed by atoms with Crippen LogP contribution in [0.3, 0.4) is 0 Å². The van der Waals surface area contributed by atoms with Gasteiger partial charge in [-0.3, -0.25) is 19.3 Å². The summed E-state index contributed by atoms with van der Waals surface area (Å²) in [4.78, 5) is 34.8. The van der Waals surface area contributed by atoms with Gasteiger partial charge in [-0.1, -0.05) is 84.9 Å². The van der Waals surface area contributed by atoms with E-state index in [9.17, 15) is 9.59 Å². The van der Waals surface area contributed by atoms with Gasteiger partial charge in [-0.25, -0.2) is 5.06 Å². The molecule has 2 heterocycles. The summed E-state index contributed by atoms with van der Waals surface area (Å²) < 4.78 is 11.7. The Kier molecular flexibility index (Phi) is 6.73. The van der Waals surface area contributed by atoms with E-state index in [1.807, 2.05) is 109 Å². The molecule has 2 saturated heterocycles. The summed E-state index contributed by atoms with van der Waals surface area (Å²) in [6.07, 6.45) is -0.911. The predicted molar refractivity (Wildman–Crippen MR) is 146 cm³/mol. The van der Waals surface area contributed by atoms with Crippen molar-refractivity contribution in [2.45, 2.75) is 25.3 Å². The first-order valence-electron chi connectivity index (χ1n) is 12.9. The van der Waals surface area contributed by atoms with Crippen LogP contribution in [0.15, 0.2) is 109 Å². The number of rotatable bonds is 8. The molecule has 0 radical (unpaired) electrons. The van der Waals surface area contributed by atoms with Crippen LogP contribution in [0.25, 0.3) is 0 Å². The van der Waals surface area contributed by atoms with Crippen molar-refractivity contribution in [2.75, 3.05) is 12.2 Å². The number of benzene rings is 4. The van der Waals surface area contributed by atoms with Crippen LogP contribution in [0.5, 0.6) is 11.5 Å². The molecule has 3 atom stereocenters. The van der Waals surface area contributed by atoms with Gasteiger partial charge < -0.3 is 9.47 Å². The zero-order valence-corrected chi connectivity index (χ0v) is 21.5. The first-order chi connectivity index (χ1) is 19.1. The molecule has 196 valence electrons. The van der Waals surface area contributed by atoms with E-state index in [1.165, 1.54) is 4.90 Å². The number of fused-ring (bicyclic) bond motifs is 1. The summed E-state index contributed by atoms with van der Waals surface area (Å²) in [5, 5.41) is 1.68.